The molecular weight excluding hydrogens is 440 g/mol. The SMILES string of the molecule is Cc1nc2c3c(nn2c(C)c1Cl)CN(C(=O)c1ccc(F)cc1OC1CCNCC1F)C3. The Bertz CT molecular complexity index is 1230. The normalized spacial score (nSPS) is 20.6. The third-order valence-electron chi connectivity index (χ3n) is 6.04. The van der Waals surface area contributed by atoms with E-state index in [1.807, 2.05) is 13.8 Å². The Labute approximate surface area is 188 Å². The molecule has 168 valence electrons. The number of halogens is 3. The summed E-state index contributed by atoms with van der Waals surface area (Å²) in [6.45, 7) is 5.05. The summed E-state index contributed by atoms with van der Waals surface area (Å²) in [5, 5.41) is 8.10. The highest BCUT2D eigenvalue weighted by Crippen LogP contribution is 2.32. The number of amides is 1. The number of rotatable bonds is 3. The summed E-state index contributed by atoms with van der Waals surface area (Å²) in [4.78, 5) is 19.5. The van der Waals surface area contributed by atoms with Gasteiger partial charge in [-0.1, -0.05) is 11.6 Å². The van der Waals surface area contributed by atoms with E-state index in [9.17, 15) is 13.6 Å². The molecule has 1 saturated heterocycles. The topological polar surface area (TPSA) is 71.8 Å². The molecule has 2 aromatic heterocycles. The number of carbonyl (C=O) groups excluding carboxylic acids is 1. The van der Waals surface area contributed by atoms with Gasteiger partial charge < -0.3 is 15.0 Å². The van der Waals surface area contributed by atoms with Crippen LogP contribution in [0.2, 0.25) is 5.02 Å². The number of ether oxygens (including phenoxy) is 1. The molecular formula is C22H22ClF2N5O2. The van der Waals surface area contributed by atoms with E-state index in [4.69, 9.17) is 16.3 Å². The average molecular weight is 462 g/mol. The number of alkyl halides is 1. The zero-order valence-corrected chi connectivity index (χ0v) is 18.4. The minimum absolute atomic E-state index is 0.0555. The van der Waals surface area contributed by atoms with Crippen LogP contribution in [0.25, 0.3) is 5.65 Å². The Morgan fingerprint density at radius 3 is 2.91 bits per heavy atom. The first-order valence-electron chi connectivity index (χ1n) is 10.5. The third kappa shape index (κ3) is 3.49. The molecule has 0 aliphatic carbocycles. The first-order chi connectivity index (χ1) is 15.3. The number of fused-ring (bicyclic) bond motifs is 3. The number of aromatic nitrogens is 3. The molecule has 2 aliphatic rings. The second-order valence-electron chi connectivity index (χ2n) is 8.22. The lowest BCUT2D eigenvalue weighted by Gasteiger charge is -2.28. The fraction of sp³-hybridized carbons (Fsp3) is 0.409. The molecule has 2 aliphatic heterocycles. The van der Waals surface area contributed by atoms with Crippen LogP contribution in [0.1, 0.15) is 39.4 Å². The minimum atomic E-state index is -1.23. The van der Waals surface area contributed by atoms with E-state index in [0.29, 0.717) is 35.9 Å². The molecule has 1 aromatic carbocycles. The van der Waals surface area contributed by atoms with E-state index >= 15 is 0 Å². The molecule has 32 heavy (non-hydrogen) atoms. The van der Waals surface area contributed by atoms with Crippen molar-refractivity contribution in [3.63, 3.8) is 0 Å². The molecule has 5 rings (SSSR count). The van der Waals surface area contributed by atoms with E-state index in [-0.39, 0.29) is 30.3 Å². The largest absolute Gasteiger partial charge is 0.486 e. The molecule has 1 N–H and O–H groups in total. The van der Waals surface area contributed by atoms with Crippen molar-refractivity contribution in [2.45, 2.75) is 45.6 Å². The number of piperidine rings is 1. The Hall–Kier alpha value is -2.78. The van der Waals surface area contributed by atoms with Crippen molar-refractivity contribution in [2.75, 3.05) is 13.1 Å². The van der Waals surface area contributed by atoms with E-state index in [1.165, 1.54) is 12.1 Å². The fourth-order valence-corrected chi connectivity index (χ4v) is 4.41. The van der Waals surface area contributed by atoms with Gasteiger partial charge >= 0.3 is 0 Å². The van der Waals surface area contributed by atoms with Gasteiger partial charge in [0.1, 0.15) is 23.8 Å². The van der Waals surface area contributed by atoms with Crippen LogP contribution in [0.4, 0.5) is 8.78 Å². The van der Waals surface area contributed by atoms with Gasteiger partial charge in [-0.2, -0.15) is 5.10 Å². The zero-order valence-electron chi connectivity index (χ0n) is 17.7. The van der Waals surface area contributed by atoms with Gasteiger partial charge in [0.25, 0.3) is 5.91 Å². The first-order valence-corrected chi connectivity index (χ1v) is 10.8. The van der Waals surface area contributed by atoms with Gasteiger partial charge in [0.2, 0.25) is 0 Å². The molecule has 2 atom stereocenters. The van der Waals surface area contributed by atoms with Crippen molar-refractivity contribution in [2.24, 2.45) is 0 Å². The number of hydrogen-bond acceptors (Lipinski definition) is 5. The van der Waals surface area contributed by atoms with E-state index in [0.717, 1.165) is 23.0 Å². The fourth-order valence-electron chi connectivity index (χ4n) is 4.29. The van der Waals surface area contributed by atoms with Crippen LogP contribution in [0.5, 0.6) is 5.75 Å². The monoisotopic (exact) mass is 461 g/mol. The van der Waals surface area contributed by atoms with Gasteiger partial charge in [0.15, 0.2) is 5.65 Å². The van der Waals surface area contributed by atoms with Gasteiger partial charge in [0, 0.05) is 18.2 Å². The van der Waals surface area contributed by atoms with E-state index in [2.05, 4.69) is 15.4 Å². The summed E-state index contributed by atoms with van der Waals surface area (Å²) >= 11 is 6.30. The van der Waals surface area contributed by atoms with Crippen molar-refractivity contribution >= 4 is 23.2 Å². The summed E-state index contributed by atoms with van der Waals surface area (Å²) in [5.41, 5.74) is 3.94. The van der Waals surface area contributed by atoms with Crippen molar-refractivity contribution in [3.8, 4) is 5.75 Å². The van der Waals surface area contributed by atoms with Crippen molar-refractivity contribution < 1.29 is 18.3 Å². The van der Waals surface area contributed by atoms with Crippen LogP contribution in [0.15, 0.2) is 18.2 Å². The van der Waals surface area contributed by atoms with Crippen LogP contribution in [0, 0.1) is 19.7 Å². The van der Waals surface area contributed by atoms with Gasteiger partial charge in [-0.3, -0.25) is 4.79 Å². The van der Waals surface area contributed by atoms with Crippen molar-refractivity contribution in [3.05, 3.63) is 57.2 Å². The van der Waals surface area contributed by atoms with E-state index in [1.54, 1.807) is 9.42 Å². The Balaban J connectivity index is 1.43. The molecule has 1 fully saturated rings. The van der Waals surface area contributed by atoms with Gasteiger partial charge in [-0.15, -0.1) is 0 Å². The summed E-state index contributed by atoms with van der Waals surface area (Å²) in [6, 6.07) is 3.74. The molecule has 0 bridgehead atoms. The number of nitrogens with one attached hydrogen (secondary N) is 1. The lowest BCUT2D eigenvalue weighted by atomic mass is 10.1. The number of benzene rings is 1. The standard InChI is InChI=1S/C22H22ClF2N5O2/c1-11-20(23)12(2)30-21(27-11)15-9-29(10-17(15)28-30)22(31)14-4-3-13(24)7-19(14)32-18-5-6-26-8-16(18)25/h3-4,7,16,18,26H,5-6,8-10H2,1-2H3. The first kappa shape index (κ1) is 21.1. The number of nitrogens with zero attached hydrogens (tertiary/aromatic N) is 4. The zero-order chi connectivity index (χ0) is 22.6. The van der Waals surface area contributed by atoms with Crippen molar-refractivity contribution in [1.82, 2.24) is 24.8 Å². The maximum absolute atomic E-state index is 14.2. The van der Waals surface area contributed by atoms with Crippen LogP contribution in [0.3, 0.4) is 0 Å². The van der Waals surface area contributed by atoms with E-state index < -0.39 is 18.1 Å². The Morgan fingerprint density at radius 2 is 2.12 bits per heavy atom. The summed E-state index contributed by atoms with van der Waals surface area (Å²) in [5.74, 6) is -0.821. The summed E-state index contributed by atoms with van der Waals surface area (Å²) in [6.07, 6.45) is -1.53. The predicted molar refractivity (Wildman–Crippen MR) is 114 cm³/mol. The molecule has 10 heteroatoms. The number of hydrogen-bond donors (Lipinski definition) is 1. The predicted octanol–water partition coefficient (Wildman–Crippen LogP) is 3.37. The smallest absolute Gasteiger partial charge is 0.258 e. The van der Waals surface area contributed by atoms with Crippen LogP contribution in [-0.4, -0.2) is 50.8 Å². The van der Waals surface area contributed by atoms with Gasteiger partial charge in [-0.25, -0.2) is 18.3 Å². The van der Waals surface area contributed by atoms with Crippen molar-refractivity contribution in [1.29, 1.82) is 0 Å². The lowest BCUT2D eigenvalue weighted by Crippen LogP contribution is -2.44. The maximum Gasteiger partial charge on any atom is 0.258 e. The summed E-state index contributed by atoms with van der Waals surface area (Å²) in [7, 11) is 0. The second kappa shape index (κ2) is 7.97. The molecule has 0 radical (unpaired) electrons. The van der Waals surface area contributed by atoms with Gasteiger partial charge in [0.05, 0.1) is 40.8 Å². The van der Waals surface area contributed by atoms with Crippen LogP contribution >= 0.6 is 11.6 Å². The average Bonchev–Trinajstić information content (AvgIpc) is 3.33. The molecule has 2 unspecified atom stereocenters. The van der Waals surface area contributed by atoms with Crippen LogP contribution < -0.4 is 10.1 Å². The highest BCUT2D eigenvalue weighted by molar-refractivity contribution is 6.31. The maximum atomic E-state index is 14.2. The second-order valence-corrected chi connectivity index (χ2v) is 8.60. The Kier molecular flexibility index (Phi) is 5.25. The molecule has 0 saturated carbocycles. The van der Waals surface area contributed by atoms with Gasteiger partial charge in [-0.05, 0) is 38.9 Å². The Morgan fingerprint density at radius 1 is 1.31 bits per heavy atom. The number of aryl methyl sites for hydroxylation is 2. The highest BCUT2D eigenvalue weighted by Gasteiger charge is 2.33. The molecule has 7 nitrogen and oxygen atoms in total. The highest BCUT2D eigenvalue weighted by atomic mass is 35.5. The molecule has 3 aromatic rings. The van der Waals surface area contributed by atoms with Crippen LogP contribution in [-0.2, 0) is 13.1 Å². The third-order valence-corrected chi connectivity index (χ3v) is 6.59. The molecule has 4 heterocycles. The minimum Gasteiger partial charge on any atom is -0.486 e. The lowest BCUT2D eigenvalue weighted by molar-refractivity contribution is 0.0657. The molecule has 1 amide bonds. The number of carbonyl (C=O) groups is 1. The molecule has 0 spiro atoms. The quantitative estimate of drug-likeness (QED) is 0.647. The summed E-state index contributed by atoms with van der Waals surface area (Å²) < 4.78 is 35.7.